The zero-order valence-electron chi connectivity index (χ0n) is 18.7. The maximum absolute atomic E-state index is 14.7. The van der Waals surface area contributed by atoms with Crippen molar-refractivity contribution in [3.63, 3.8) is 0 Å². The Morgan fingerprint density at radius 2 is 1.88 bits per heavy atom. The van der Waals surface area contributed by atoms with E-state index in [4.69, 9.17) is 0 Å². The van der Waals surface area contributed by atoms with Crippen molar-refractivity contribution in [1.82, 2.24) is 4.90 Å². The predicted molar refractivity (Wildman–Crippen MR) is 124 cm³/mol. The zero-order chi connectivity index (χ0) is 23.7. The zero-order valence-corrected chi connectivity index (χ0v) is 18.7. The first-order valence-corrected chi connectivity index (χ1v) is 11.1. The molecular weight excluding hydrogens is 427 g/mol. The number of hydrogen-bond acceptors (Lipinski definition) is 6. The Morgan fingerprint density at radius 3 is 2.45 bits per heavy atom. The topological polar surface area (TPSA) is 87.0 Å². The molecule has 1 aliphatic heterocycles. The van der Waals surface area contributed by atoms with Crippen LogP contribution >= 0.6 is 0 Å². The minimum absolute atomic E-state index is 0.114. The van der Waals surface area contributed by atoms with Crippen molar-refractivity contribution in [3.8, 4) is 0 Å². The summed E-state index contributed by atoms with van der Waals surface area (Å²) in [4.78, 5) is 40.7. The maximum atomic E-state index is 14.7. The molecule has 2 aromatic rings. The van der Waals surface area contributed by atoms with Crippen molar-refractivity contribution < 1.29 is 18.9 Å². The van der Waals surface area contributed by atoms with E-state index in [-0.39, 0.29) is 17.5 Å². The van der Waals surface area contributed by atoms with E-state index in [9.17, 15) is 24.1 Å². The largest absolute Gasteiger partial charge is 0.371 e. The van der Waals surface area contributed by atoms with Crippen molar-refractivity contribution in [1.29, 1.82) is 0 Å². The molecule has 1 unspecified atom stereocenters. The second-order valence-corrected chi connectivity index (χ2v) is 8.72. The summed E-state index contributed by atoms with van der Waals surface area (Å²) in [6.07, 6.45) is 2.85. The SMILES string of the molecule is CC(C=O)c1ccc(N2CCN(C(=O)c3cc([N+](=O)[O-])ccc3N(C)C3CC3)CC2)c(F)c1. The molecule has 2 aromatic carbocycles. The van der Waals surface area contributed by atoms with E-state index >= 15 is 0 Å². The Balaban J connectivity index is 1.50. The van der Waals surface area contributed by atoms with Gasteiger partial charge in [0.25, 0.3) is 11.6 Å². The Labute approximate surface area is 191 Å². The second-order valence-electron chi connectivity index (χ2n) is 8.72. The van der Waals surface area contributed by atoms with Crippen LogP contribution in [0.5, 0.6) is 0 Å². The molecule has 1 saturated heterocycles. The van der Waals surface area contributed by atoms with Crippen LogP contribution in [-0.4, -0.2) is 61.3 Å². The number of halogens is 1. The molecule has 0 N–H and O–H groups in total. The third kappa shape index (κ3) is 4.67. The van der Waals surface area contributed by atoms with Gasteiger partial charge in [0.2, 0.25) is 0 Å². The molecule has 0 spiro atoms. The predicted octanol–water partition coefficient (Wildman–Crippen LogP) is 3.60. The lowest BCUT2D eigenvalue weighted by atomic mass is 10.0. The summed E-state index contributed by atoms with van der Waals surface area (Å²) in [6, 6.07) is 9.59. The molecule has 33 heavy (non-hydrogen) atoms. The van der Waals surface area contributed by atoms with Gasteiger partial charge in [0.1, 0.15) is 12.1 Å². The highest BCUT2D eigenvalue weighted by Crippen LogP contribution is 2.34. The van der Waals surface area contributed by atoms with E-state index in [1.807, 2.05) is 16.8 Å². The van der Waals surface area contributed by atoms with Crippen LogP contribution in [0.2, 0.25) is 0 Å². The molecule has 2 aliphatic rings. The first-order chi connectivity index (χ1) is 15.8. The smallest absolute Gasteiger partial charge is 0.270 e. The Bertz CT molecular complexity index is 1080. The molecule has 1 aliphatic carbocycles. The molecular formula is C24H27FN4O4. The lowest BCUT2D eigenvalue weighted by Crippen LogP contribution is -2.49. The van der Waals surface area contributed by atoms with E-state index in [0.717, 1.165) is 19.1 Å². The van der Waals surface area contributed by atoms with Gasteiger partial charge in [-0.2, -0.15) is 0 Å². The Morgan fingerprint density at radius 1 is 1.18 bits per heavy atom. The molecule has 1 heterocycles. The molecule has 2 fully saturated rings. The fourth-order valence-corrected chi connectivity index (χ4v) is 4.24. The summed E-state index contributed by atoms with van der Waals surface area (Å²) in [5.74, 6) is -1.02. The monoisotopic (exact) mass is 454 g/mol. The van der Waals surface area contributed by atoms with Gasteiger partial charge in [-0.05, 0) is 36.6 Å². The summed E-state index contributed by atoms with van der Waals surface area (Å²) in [6.45, 7) is 3.34. The van der Waals surface area contributed by atoms with E-state index in [2.05, 4.69) is 0 Å². The van der Waals surface area contributed by atoms with Crippen LogP contribution in [0.3, 0.4) is 0 Å². The fraction of sp³-hybridized carbons (Fsp3) is 0.417. The van der Waals surface area contributed by atoms with Crippen molar-refractivity contribution in [2.24, 2.45) is 0 Å². The summed E-state index contributed by atoms with van der Waals surface area (Å²) in [7, 11) is 1.91. The van der Waals surface area contributed by atoms with E-state index < -0.39 is 10.7 Å². The molecule has 9 heteroatoms. The number of carbonyl (C=O) groups excluding carboxylic acids is 2. The van der Waals surface area contributed by atoms with Crippen molar-refractivity contribution in [2.75, 3.05) is 43.0 Å². The van der Waals surface area contributed by atoms with Gasteiger partial charge < -0.3 is 19.5 Å². The van der Waals surface area contributed by atoms with Gasteiger partial charge in [-0.15, -0.1) is 0 Å². The molecule has 0 aromatic heterocycles. The highest BCUT2D eigenvalue weighted by molar-refractivity contribution is 6.00. The molecule has 1 saturated carbocycles. The average molecular weight is 455 g/mol. The van der Waals surface area contributed by atoms with Gasteiger partial charge in [-0.25, -0.2) is 4.39 Å². The standard InChI is InChI=1S/C24H27FN4O4/c1-16(15-30)17-3-7-23(21(25)13-17)27-9-11-28(12-10-27)24(31)20-14-19(29(32)33)6-8-22(20)26(2)18-4-5-18/h3,6-8,13-16,18H,4-5,9-12H2,1-2H3. The quantitative estimate of drug-likeness (QED) is 0.361. The number of rotatable bonds is 7. The fourth-order valence-electron chi connectivity index (χ4n) is 4.24. The normalized spacial score (nSPS) is 16.9. The molecule has 0 bridgehead atoms. The lowest BCUT2D eigenvalue weighted by molar-refractivity contribution is -0.384. The molecule has 174 valence electrons. The van der Waals surface area contributed by atoms with Gasteiger partial charge in [-0.3, -0.25) is 14.9 Å². The summed E-state index contributed by atoms with van der Waals surface area (Å²) >= 11 is 0. The minimum atomic E-state index is -0.493. The number of hydrogen-bond donors (Lipinski definition) is 0. The highest BCUT2D eigenvalue weighted by atomic mass is 19.1. The third-order valence-corrected chi connectivity index (χ3v) is 6.51. The first-order valence-electron chi connectivity index (χ1n) is 11.1. The minimum Gasteiger partial charge on any atom is -0.371 e. The van der Waals surface area contributed by atoms with Crippen LogP contribution < -0.4 is 9.80 Å². The lowest BCUT2D eigenvalue weighted by Gasteiger charge is -2.37. The van der Waals surface area contributed by atoms with Crippen molar-refractivity contribution >= 4 is 29.3 Å². The molecule has 1 amide bonds. The number of carbonyl (C=O) groups is 2. The molecule has 0 radical (unpaired) electrons. The number of amides is 1. The number of non-ortho nitro benzene ring substituents is 1. The summed E-state index contributed by atoms with van der Waals surface area (Å²) in [5.41, 5.74) is 1.97. The van der Waals surface area contributed by atoms with Crippen LogP contribution in [0.4, 0.5) is 21.5 Å². The molecule has 8 nitrogen and oxygen atoms in total. The van der Waals surface area contributed by atoms with Gasteiger partial charge >= 0.3 is 0 Å². The van der Waals surface area contributed by atoms with E-state index in [1.165, 1.54) is 18.2 Å². The summed E-state index contributed by atoms with van der Waals surface area (Å²) < 4.78 is 14.7. The van der Waals surface area contributed by atoms with Gasteiger partial charge in [0.15, 0.2) is 0 Å². The number of benzene rings is 2. The average Bonchev–Trinajstić information content (AvgIpc) is 3.68. The van der Waals surface area contributed by atoms with E-state index in [1.54, 1.807) is 30.0 Å². The Hall–Kier alpha value is -3.49. The summed E-state index contributed by atoms with van der Waals surface area (Å²) in [5, 5.41) is 11.3. The van der Waals surface area contributed by atoms with Gasteiger partial charge in [0.05, 0.1) is 21.9 Å². The number of nitro benzene ring substituents is 1. The molecule has 1 atom stereocenters. The van der Waals surface area contributed by atoms with E-state index in [0.29, 0.717) is 54.7 Å². The second kappa shape index (κ2) is 9.17. The van der Waals surface area contributed by atoms with Crippen molar-refractivity contribution in [2.45, 2.75) is 31.7 Å². The number of aldehydes is 1. The first kappa shape index (κ1) is 22.7. The maximum Gasteiger partial charge on any atom is 0.270 e. The van der Waals surface area contributed by atoms with Gasteiger partial charge in [0, 0.05) is 57.3 Å². The van der Waals surface area contributed by atoms with Crippen LogP contribution in [0.25, 0.3) is 0 Å². The van der Waals surface area contributed by atoms with Crippen LogP contribution in [-0.2, 0) is 4.79 Å². The van der Waals surface area contributed by atoms with Crippen molar-refractivity contribution in [3.05, 3.63) is 63.5 Å². The Kier molecular flexibility index (Phi) is 6.31. The number of nitro groups is 1. The van der Waals surface area contributed by atoms with Crippen LogP contribution in [0.1, 0.15) is 41.6 Å². The highest BCUT2D eigenvalue weighted by Gasteiger charge is 2.32. The molecule has 4 rings (SSSR count). The third-order valence-electron chi connectivity index (χ3n) is 6.51. The number of piperazine rings is 1. The van der Waals surface area contributed by atoms with Crippen LogP contribution in [0, 0.1) is 15.9 Å². The van der Waals surface area contributed by atoms with Gasteiger partial charge in [-0.1, -0.05) is 13.0 Å². The van der Waals surface area contributed by atoms with Crippen LogP contribution in [0.15, 0.2) is 36.4 Å². The number of nitrogens with zero attached hydrogens (tertiary/aromatic N) is 4. The number of anilines is 2.